The molecule has 1 aliphatic rings. The van der Waals surface area contributed by atoms with E-state index in [0.717, 1.165) is 11.9 Å². The van der Waals surface area contributed by atoms with Gasteiger partial charge in [-0.1, -0.05) is 37.0 Å². The Morgan fingerprint density at radius 1 is 1.22 bits per heavy atom. The van der Waals surface area contributed by atoms with E-state index in [9.17, 15) is 9.18 Å². The number of piperazine rings is 1. The van der Waals surface area contributed by atoms with Gasteiger partial charge in [-0.25, -0.2) is 19.2 Å². The Labute approximate surface area is 160 Å². The Bertz CT molecular complexity index is 808. The summed E-state index contributed by atoms with van der Waals surface area (Å²) in [5.41, 5.74) is 0.790. The van der Waals surface area contributed by atoms with Gasteiger partial charge in [-0.3, -0.25) is 0 Å². The molecular formula is C19H26FN5OSi. The van der Waals surface area contributed by atoms with Gasteiger partial charge in [0.25, 0.3) is 0 Å². The molecule has 1 atom stereocenters. The molecule has 8 heteroatoms. The van der Waals surface area contributed by atoms with Crippen molar-refractivity contribution in [3.8, 4) is 0 Å². The molecular weight excluding hydrogens is 361 g/mol. The fourth-order valence-corrected chi connectivity index (χ4v) is 4.41. The normalized spacial score (nSPS) is 17.7. The third-order valence-electron chi connectivity index (χ3n) is 4.84. The third-order valence-corrected chi connectivity index (χ3v) is 6.90. The maximum Gasteiger partial charge on any atom is 0.322 e. The highest BCUT2D eigenvalue weighted by Crippen LogP contribution is 2.20. The van der Waals surface area contributed by atoms with Gasteiger partial charge in [0, 0.05) is 31.4 Å². The Morgan fingerprint density at radius 3 is 2.52 bits per heavy atom. The van der Waals surface area contributed by atoms with Crippen LogP contribution in [0, 0.1) is 5.82 Å². The first-order valence-corrected chi connectivity index (χ1v) is 12.6. The molecule has 0 saturated carbocycles. The predicted molar refractivity (Wildman–Crippen MR) is 109 cm³/mol. The largest absolute Gasteiger partial charge is 0.350 e. The average Bonchev–Trinajstić information content (AvgIpc) is 2.61. The van der Waals surface area contributed by atoms with Crippen LogP contribution < -0.4 is 15.4 Å². The van der Waals surface area contributed by atoms with E-state index >= 15 is 0 Å². The van der Waals surface area contributed by atoms with Crippen LogP contribution in [-0.2, 0) is 0 Å². The summed E-state index contributed by atoms with van der Waals surface area (Å²) < 4.78 is 13.9. The van der Waals surface area contributed by atoms with E-state index in [1.807, 2.05) is 24.0 Å². The minimum atomic E-state index is -1.35. The zero-order valence-corrected chi connectivity index (χ0v) is 17.2. The molecule has 6 nitrogen and oxygen atoms in total. The molecule has 144 valence electrons. The number of anilines is 2. The van der Waals surface area contributed by atoms with Crippen molar-refractivity contribution < 1.29 is 9.18 Å². The van der Waals surface area contributed by atoms with Gasteiger partial charge in [0.1, 0.15) is 6.33 Å². The molecule has 2 aromatic rings. The molecule has 2 amide bonds. The van der Waals surface area contributed by atoms with Gasteiger partial charge in [0.2, 0.25) is 0 Å². The first-order chi connectivity index (χ1) is 12.8. The summed E-state index contributed by atoms with van der Waals surface area (Å²) in [5.74, 6) is -0.149. The second kappa shape index (κ2) is 7.64. The van der Waals surface area contributed by atoms with Gasteiger partial charge in [0.05, 0.1) is 14.3 Å². The number of halogens is 1. The molecule has 0 spiro atoms. The molecule has 1 aromatic heterocycles. The van der Waals surface area contributed by atoms with Crippen LogP contribution >= 0.6 is 0 Å². The summed E-state index contributed by atoms with van der Waals surface area (Å²) in [7, 11) is -1.35. The van der Waals surface area contributed by atoms with Crippen molar-refractivity contribution in [3.05, 3.63) is 42.6 Å². The average molecular weight is 388 g/mol. The maximum absolute atomic E-state index is 13.9. The second-order valence-corrected chi connectivity index (χ2v) is 13.0. The molecule has 3 rings (SSSR count). The lowest BCUT2D eigenvalue weighted by atomic mass is 10.2. The van der Waals surface area contributed by atoms with E-state index in [4.69, 9.17) is 0 Å². The van der Waals surface area contributed by atoms with Crippen molar-refractivity contribution in [1.82, 2.24) is 14.9 Å². The molecule has 1 aromatic carbocycles. The number of aromatic nitrogens is 2. The Kier molecular flexibility index (Phi) is 5.45. The maximum atomic E-state index is 13.9. The third kappa shape index (κ3) is 4.44. The van der Waals surface area contributed by atoms with Crippen LogP contribution in [0.2, 0.25) is 19.6 Å². The zero-order chi connectivity index (χ0) is 19.6. The van der Waals surface area contributed by atoms with Crippen LogP contribution in [0.15, 0.2) is 36.8 Å². The zero-order valence-electron chi connectivity index (χ0n) is 16.2. The Hall–Kier alpha value is -2.48. The van der Waals surface area contributed by atoms with E-state index in [0.29, 0.717) is 25.5 Å². The Morgan fingerprint density at radius 2 is 1.93 bits per heavy atom. The van der Waals surface area contributed by atoms with Gasteiger partial charge >= 0.3 is 6.03 Å². The van der Waals surface area contributed by atoms with Gasteiger partial charge in [0.15, 0.2) is 11.6 Å². The van der Waals surface area contributed by atoms with E-state index in [1.165, 1.54) is 11.5 Å². The van der Waals surface area contributed by atoms with Gasteiger partial charge < -0.3 is 15.1 Å². The SMILES string of the molecule is CC1CN(c2ncncc2F)CCN1C(=O)Nc1ccc([Si](C)(C)C)cc1. The van der Waals surface area contributed by atoms with Crippen molar-refractivity contribution in [2.75, 3.05) is 29.9 Å². The first kappa shape index (κ1) is 19.3. The summed E-state index contributed by atoms with van der Waals surface area (Å²) in [6, 6.07) is 7.92. The number of amides is 2. The number of carbonyl (C=O) groups is 1. The van der Waals surface area contributed by atoms with E-state index in [1.54, 1.807) is 4.90 Å². The molecule has 0 aliphatic carbocycles. The van der Waals surface area contributed by atoms with Gasteiger partial charge in [-0.05, 0) is 19.1 Å². The van der Waals surface area contributed by atoms with E-state index in [2.05, 4.69) is 47.1 Å². The highest BCUT2D eigenvalue weighted by molar-refractivity contribution is 6.88. The number of carbonyl (C=O) groups excluding carboxylic acids is 1. The number of nitrogens with one attached hydrogen (secondary N) is 1. The number of hydrogen-bond donors (Lipinski definition) is 1. The topological polar surface area (TPSA) is 61.4 Å². The van der Waals surface area contributed by atoms with Crippen LogP contribution in [0.25, 0.3) is 0 Å². The molecule has 1 unspecified atom stereocenters. The van der Waals surface area contributed by atoms with Gasteiger partial charge in [-0.15, -0.1) is 0 Å². The van der Waals surface area contributed by atoms with Crippen molar-refractivity contribution in [2.24, 2.45) is 0 Å². The molecule has 2 heterocycles. The summed E-state index contributed by atoms with van der Waals surface area (Å²) in [6.07, 6.45) is 2.50. The molecule has 27 heavy (non-hydrogen) atoms. The smallest absolute Gasteiger partial charge is 0.322 e. The van der Waals surface area contributed by atoms with Crippen LogP contribution in [0.4, 0.5) is 20.7 Å². The lowest BCUT2D eigenvalue weighted by molar-refractivity contribution is 0.184. The number of rotatable bonds is 3. The van der Waals surface area contributed by atoms with Crippen molar-refractivity contribution in [3.63, 3.8) is 0 Å². The minimum Gasteiger partial charge on any atom is -0.350 e. The molecule has 0 radical (unpaired) electrons. The Balaban J connectivity index is 1.62. The van der Waals surface area contributed by atoms with Gasteiger partial charge in [-0.2, -0.15) is 0 Å². The van der Waals surface area contributed by atoms with Crippen LogP contribution in [-0.4, -0.2) is 54.6 Å². The first-order valence-electron chi connectivity index (χ1n) is 9.14. The number of benzene rings is 1. The molecule has 1 saturated heterocycles. The number of urea groups is 1. The molecule has 1 N–H and O–H groups in total. The number of nitrogens with zero attached hydrogens (tertiary/aromatic N) is 4. The lowest BCUT2D eigenvalue weighted by Crippen LogP contribution is -2.55. The highest BCUT2D eigenvalue weighted by Gasteiger charge is 2.29. The summed E-state index contributed by atoms with van der Waals surface area (Å²) in [4.78, 5) is 24.0. The van der Waals surface area contributed by atoms with E-state index in [-0.39, 0.29) is 12.1 Å². The van der Waals surface area contributed by atoms with Crippen molar-refractivity contribution in [2.45, 2.75) is 32.6 Å². The quantitative estimate of drug-likeness (QED) is 0.823. The number of hydrogen-bond acceptors (Lipinski definition) is 4. The lowest BCUT2D eigenvalue weighted by Gasteiger charge is -2.40. The fourth-order valence-electron chi connectivity index (χ4n) is 3.24. The van der Waals surface area contributed by atoms with Crippen LogP contribution in [0.1, 0.15) is 6.92 Å². The highest BCUT2D eigenvalue weighted by atomic mass is 28.3. The van der Waals surface area contributed by atoms with Crippen LogP contribution in [0.3, 0.4) is 0 Å². The summed E-state index contributed by atoms with van der Waals surface area (Å²) in [5, 5.41) is 4.33. The molecule has 1 aliphatic heterocycles. The van der Waals surface area contributed by atoms with Crippen LogP contribution in [0.5, 0.6) is 0 Å². The minimum absolute atomic E-state index is 0.0608. The van der Waals surface area contributed by atoms with Crippen molar-refractivity contribution >= 4 is 30.8 Å². The summed E-state index contributed by atoms with van der Waals surface area (Å²) >= 11 is 0. The fraction of sp³-hybridized carbons (Fsp3) is 0.421. The molecule has 0 bridgehead atoms. The second-order valence-electron chi connectivity index (χ2n) is 7.94. The van der Waals surface area contributed by atoms with Crippen molar-refractivity contribution in [1.29, 1.82) is 0 Å². The monoisotopic (exact) mass is 387 g/mol. The molecule has 1 fully saturated rings. The predicted octanol–water partition coefficient (Wildman–Crippen LogP) is 2.90. The standard InChI is InChI=1S/C19H26FN5OSi/c1-14-12-24(18-17(20)11-21-13-22-18)9-10-25(14)19(26)23-15-5-7-16(8-6-15)27(2,3)4/h5-8,11,13-14H,9-10,12H2,1-4H3,(H,23,26). The van der Waals surface area contributed by atoms with E-state index < -0.39 is 13.9 Å². The summed E-state index contributed by atoms with van der Waals surface area (Å²) in [6.45, 7) is 10.4.